The number of likely N-dealkylation sites (N-methyl/N-ethyl adjacent to an activating group) is 1. The van der Waals surface area contributed by atoms with Gasteiger partial charge in [-0.25, -0.2) is 0 Å². The molecule has 1 aliphatic heterocycles. The molecule has 0 spiro atoms. The number of fused-ring (bicyclic) bond motifs is 1. The first kappa shape index (κ1) is 16.5. The van der Waals surface area contributed by atoms with Crippen molar-refractivity contribution < 1.29 is 18.0 Å². The topological polar surface area (TPSA) is 56.4 Å². The van der Waals surface area contributed by atoms with Crippen molar-refractivity contribution in [2.75, 3.05) is 33.2 Å². The Bertz CT molecular complexity index is 837. The maximum atomic E-state index is 12.7. The van der Waals surface area contributed by atoms with Crippen molar-refractivity contribution in [2.45, 2.75) is 6.18 Å². The molecule has 3 rings (SSSR count). The highest BCUT2D eigenvalue weighted by Crippen LogP contribution is 2.30. The smallest absolute Gasteiger partial charge is 0.360 e. The Labute approximate surface area is 135 Å². The first-order valence-corrected chi connectivity index (χ1v) is 7.48. The summed E-state index contributed by atoms with van der Waals surface area (Å²) in [6.45, 7) is 2.46. The largest absolute Gasteiger partial charge is 0.416 e. The molecule has 0 atom stereocenters. The minimum atomic E-state index is -4.49. The van der Waals surface area contributed by atoms with Gasteiger partial charge in [0.15, 0.2) is 0 Å². The number of nitrogens with zero attached hydrogens (tertiary/aromatic N) is 2. The minimum Gasteiger partial charge on any atom is -0.360 e. The number of benzene rings is 1. The molecule has 1 aromatic carbocycles. The number of nitrogens with one attached hydrogen (secondary N) is 1. The quantitative estimate of drug-likeness (QED) is 0.864. The van der Waals surface area contributed by atoms with Gasteiger partial charge in [0, 0.05) is 43.3 Å². The molecular formula is C16H16F3N3O2. The van der Waals surface area contributed by atoms with Crippen molar-refractivity contribution in [1.82, 2.24) is 14.8 Å². The lowest BCUT2D eigenvalue weighted by Crippen LogP contribution is -2.48. The predicted molar refractivity (Wildman–Crippen MR) is 83.0 cm³/mol. The van der Waals surface area contributed by atoms with E-state index in [1.54, 1.807) is 4.90 Å². The van der Waals surface area contributed by atoms with Crippen LogP contribution in [0.3, 0.4) is 0 Å². The van der Waals surface area contributed by atoms with Gasteiger partial charge in [0.1, 0.15) is 5.56 Å². The number of aromatic nitrogens is 1. The number of carbonyl (C=O) groups excluding carboxylic acids is 1. The molecule has 1 N–H and O–H groups in total. The number of amides is 1. The van der Waals surface area contributed by atoms with Gasteiger partial charge >= 0.3 is 6.18 Å². The zero-order chi connectivity index (χ0) is 17.5. The van der Waals surface area contributed by atoms with E-state index in [0.29, 0.717) is 26.2 Å². The van der Waals surface area contributed by atoms with Gasteiger partial charge in [-0.05, 0) is 25.2 Å². The van der Waals surface area contributed by atoms with E-state index in [9.17, 15) is 22.8 Å². The molecular weight excluding hydrogens is 323 g/mol. The highest BCUT2D eigenvalue weighted by Gasteiger charge is 2.31. The van der Waals surface area contributed by atoms with Crippen molar-refractivity contribution in [2.24, 2.45) is 0 Å². The van der Waals surface area contributed by atoms with E-state index in [1.165, 1.54) is 6.20 Å². The molecule has 5 nitrogen and oxygen atoms in total. The molecule has 0 unspecified atom stereocenters. The lowest BCUT2D eigenvalue weighted by Gasteiger charge is -2.32. The van der Waals surface area contributed by atoms with Crippen LogP contribution in [0.1, 0.15) is 15.9 Å². The molecule has 1 saturated heterocycles. The van der Waals surface area contributed by atoms with Crippen LogP contribution in [0.25, 0.3) is 10.9 Å². The molecule has 24 heavy (non-hydrogen) atoms. The Morgan fingerprint density at radius 2 is 1.83 bits per heavy atom. The maximum absolute atomic E-state index is 12.7. The Kier molecular flexibility index (Phi) is 4.08. The summed E-state index contributed by atoms with van der Waals surface area (Å²) in [5.74, 6) is -0.397. The van der Waals surface area contributed by atoms with Gasteiger partial charge in [-0.2, -0.15) is 13.2 Å². The second-order valence-corrected chi connectivity index (χ2v) is 5.89. The molecule has 0 saturated carbocycles. The number of aromatic amines is 1. The second kappa shape index (κ2) is 5.94. The van der Waals surface area contributed by atoms with Crippen LogP contribution >= 0.6 is 0 Å². The summed E-state index contributed by atoms with van der Waals surface area (Å²) in [7, 11) is 1.95. The number of pyridine rings is 1. The fraction of sp³-hybridized carbons (Fsp3) is 0.375. The number of alkyl halides is 3. The third-order valence-electron chi connectivity index (χ3n) is 4.23. The molecule has 1 amide bonds. The van der Waals surface area contributed by atoms with Crippen LogP contribution in [-0.4, -0.2) is 53.9 Å². The number of H-pyrrole nitrogens is 1. The van der Waals surface area contributed by atoms with E-state index in [-0.39, 0.29) is 16.5 Å². The lowest BCUT2D eigenvalue weighted by molar-refractivity contribution is -0.137. The molecule has 1 fully saturated rings. The highest BCUT2D eigenvalue weighted by molar-refractivity contribution is 5.97. The Balaban J connectivity index is 1.97. The van der Waals surface area contributed by atoms with E-state index >= 15 is 0 Å². The summed E-state index contributed by atoms with van der Waals surface area (Å²) in [6, 6.07) is 2.83. The number of halogens is 3. The number of rotatable bonds is 1. The number of piperazine rings is 1. The van der Waals surface area contributed by atoms with Crippen LogP contribution in [0.2, 0.25) is 0 Å². The summed E-state index contributed by atoms with van der Waals surface area (Å²) in [6.07, 6.45) is -3.29. The first-order chi connectivity index (χ1) is 11.3. The summed E-state index contributed by atoms with van der Waals surface area (Å²) < 4.78 is 38.2. The van der Waals surface area contributed by atoms with Gasteiger partial charge in [0.05, 0.1) is 5.56 Å². The maximum Gasteiger partial charge on any atom is 0.416 e. The molecule has 0 radical (unpaired) electrons. The lowest BCUT2D eigenvalue weighted by atomic mass is 10.1. The van der Waals surface area contributed by atoms with Crippen molar-refractivity contribution in [1.29, 1.82) is 0 Å². The molecule has 128 valence electrons. The third kappa shape index (κ3) is 3.01. The average molecular weight is 339 g/mol. The predicted octanol–water partition coefficient (Wildman–Crippen LogP) is 1.93. The molecule has 2 heterocycles. The number of hydrogen-bond acceptors (Lipinski definition) is 3. The Morgan fingerprint density at radius 1 is 1.17 bits per heavy atom. The Morgan fingerprint density at radius 3 is 2.46 bits per heavy atom. The fourth-order valence-electron chi connectivity index (χ4n) is 2.74. The highest BCUT2D eigenvalue weighted by atomic mass is 19.4. The van der Waals surface area contributed by atoms with Gasteiger partial charge in [0.2, 0.25) is 5.43 Å². The Hall–Kier alpha value is -2.35. The SMILES string of the molecule is CN1CCN(C(=O)c2c[nH]c3cc(C(F)(F)F)ccc3c2=O)CC1. The molecule has 1 aliphatic rings. The number of hydrogen-bond donors (Lipinski definition) is 1. The van der Waals surface area contributed by atoms with Crippen LogP contribution in [0, 0.1) is 0 Å². The summed E-state index contributed by atoms with van der Waals surface area (Å²) in [5.41, 5.74) is -1.39. The summed E-state index contributed by atoms with van der Waals surface area (Å²) >= 11 is 0. The molecule has 0 aliphatic carbocycles. The summed E-state index contributed by atoms with van der Waals surface area (Å²) in [5, 5.41) is 0.0722. The fourth-order valence-corrected chi connectivity index (χ4v) is 2.74. The number of carbonyl (C=O) groups is 1. The van der Waals surface area contributed by atoms with Crippen LogP contribution in [0.5, 0.6) is 0 Å². The zero-order valence-electron chi connectivity index (χ0n) is 13.0. The van der Waals surface area contributed by atoms with E-state index < -0.39 is 23.1 Å². The van der Waals surface area contributed by atoms with Crippen LogP contribution < -0.4 is 5.43 Å². The normalized spacial score (nSPS) is 16.6. The third-order valence-corrected chi connectivity index (χ3v) is 4.23. The van der Waals surface area contributed by atoms with Crippen LogP contribution in [0.4, 0.5) is 13.2 Å². The minimum absolute atomic E-state index is 0.0492. The van der Waals surface area contributed by atoms with Crippen molar-refractivity contribution in [3.8, 4) is 0 Å². The zero-order valence-corrected chi connectivity index (χ0v) is 13.0. The second-order valence-electron chi connectivity index (χ2n) is 5.89. The standard InChI is InChI=1S/C16H16F3N3O2/c1-21-4-6-22(7-5-21)15(24)12-9-20-13-8-10(16(17,18)19)2-3-11(13)14(12)23/h2-3,8-9H,4-7H2,1H3,(H,20,23). The van der Waals surface area contributed by atoms with Gasteiger partial charge < -0.3 is 14.8 Å². The molecule has 8 heteroatoms. The van der Waals surface area contributed by atoms with Crippen LogP contribution in [0.15, 0.2) is 29.2 Å². The van der Waals surface area contributed by atoms with E-state index in [4.69, 9.17) is 0 Å². The summed E-state index contributed by atoms with van der Waals surface area (Å²) in [4.78, 5) is 31.3. The molecule has 2 aromatic rings. The van der Waals surface area contributed by atoms with Crippen molar-refractivity contribution in [3.05, 3.63) is 45.7 Å². The van der Waals surface area contributed by atoms with Gasteiger partial charge in [-0.3, -0.25) is 9.59 Å². The van der Waals surface area contributed by atoms with E-state index in [1.807, 2.05) is 7.05 Å². The molecule has 0 bridgehead atoms. The first-order valence-electron chi connectivity index (χ1n) is 7.48. The van der Waals surface area contributed by atoms with Crippen LogP contribution in [-0.2, 0) is 6.18 Å². The van der Waals surface area contributed by atoms with Gasteiger partial charge in [0.25, 0.3) is 5.91 Å². The van der Waals surface area contributed by atoms with Gasteiger partial charge in [-0.1, -0.05) is 0 Å². The molecule has 1 aromatic heterocycles. The van der Waals surface area contributed by atoms with Gasteiger partial charge in [-0.15, -0.1) is 0 Å². The van der Waals surface area contributed by atoms with Crippen molar-refractivity contribution in [3.63, 3.8) is 0 Å². The van der Waals surface area contributed by atoms with E-state index in [0.717, 1.165) is 18.2 Å². The monoisotopic (exact) mass is 339 g/mol. The van der Waals surface area contributed by atoms with Crippen molar-refractivity contribution >= 4 is 16.8 Å². The average Bonchev–Trinajstić information content (AvgIpc) is 2.54. The van der Waals surface area contributed by atoms with E-state index in [2.05, 4.69) is 9.88 Å².